The van der Waals surface area contributed by atoms with Crippen LogP contribution in [0.1, 0.15) is 33.1 Å². The molecular weight excluding hydrogens is 138 g/mol. The van der Waals surface area contributed by atoms with Crippen LogP contribution in [0.15, 0.2) is 0 Å². The number of likely N-dealkylation sites (N-methyl/N-ethyl adjacent to an activating group) is 1. The number of carbonyl (C=O) groups is 1. The summed E-state index contributed by atoms with van der Waals surface area (Å²) in [5.41, 5.74) is 0. The van der Waals surface area contributed by atoms with Gasteiger partial charge in [0.2, 0.25) is 0 Å². The fourth-order valence-corrected chi connectivity index (χ4v) is 1.03. The smallest absolute Gasteiger partial charge is 0.136 e. The van der Waals surface area contributed by atoms with Crippen molar-refractivity contribution in [3.63, 3.8) is 0 Å². The molecular formula is C9H19NO. The molecule has 1 N–H and O–H groups in total. The number of hydrogen-bond acceptors (Lipinski definition) is 2. The van der Waals surface area contributed by atoms with Gasteiger partial charge in [-0.1, -0.05) is 26.7 Å². The van der Waals surface area contributed by atoms with Gasteiger partial charge in [-0.2, -0.15) is 0 Å². The van der Waals surface area contributed by atoms with E-state index in [1.54, 1.807) is 0 Å². The van der Waals surface area contributed by atoms with Crippen molar-refractivity contribution in [3.05, 3.63) is 0 Å². The maximum absolute atomic E-state index is 10.3. The normalized spacial score (nSPS) is 13.5. The van der Waals surface area contributed by atoms with Crippen molar-refractivity contribution in [2.75, 3.05) is 7.05 Å². The summed E-state index contributed by atoms with van der Waals surface area (Å²) in [5, 5.41) is 2.96. The van der Waals surface area contributed by atoms with Crippen LogP contribution in [0.4, 0.5) is 0 Å². The van der Waals surface area contributed by atoms with Gasteiger partial charge in [-0.15, -0.1) is 0 Å². The van der Waals surface area contributed by atoms with Crippen molar-refractivity contribution in [1.29, 1.82) is 0 Å². The molecule has 0 aliphatic carbocycles. The Balaban J connectivity index is 3.28. The van der Waals surface area contributed by atoms with Gasteiger partial charge < -0.3 is 10.1 Å². The zero-order valence-corrected chi connectivity index (χ0v) is 7.76. The van der Waals surface area contributed by atoms with E-state index < -0.39 is 0 Å². The first-order valence-electron chi connectivity index (χ1n) is 4.33. The summed E-state index contributed by atoms with van der Waals surface area (Å²) in [6, 6.07) is 0.0637. The molecule has 1 atom stereocenters. The van der Waals surface area contributed by atoms with Gasteiger partial charge in [0.25, 0.3) is 0 Å². The second-order valence-electron chi connectivity index (χ2n) is 3.36. The minimum Gasteiger partial charge on any atom is -0.311 e. The summed E-state index contributed by atoms with van der Waals surface area (Å²) < 4.78 is 0. The lowest BCUT2D eigenvalue weighted by molar-refractivity contribution is -0.109. The highest BCUT2D eigenvalue weighted by molar-refractivity contribution is 5.57. The van der Waals surface area contributed by atoms with E-state index in [9.17, 15) is 4.79 Å². The number of hydrogen-bond donors (Lipinski definition) is 1. The highest BCUT2D eigenvalue weighted by Crippen LogP contribution is 2.07. The summed E-state index contributed by atoms with van der Waals surface area (Å²) in [6.07, 6.45) is 4.31. The third kappa shape index (κ3) is 6.05. The molecule has 0 aromatic carbocycles. The molecule has 0 heterocycles. The summed E-state index contributed by atoms with van der Waals surface area (Å²) in [6.45, 7) is 4.41. The first kappa shape index (κ1) is 10.6. The second-order valence-corrected chi connectivity index (χ2v) is 3.36. The third-order valence-corrected chi connectivity index (χ3v) is 1.83. The molecule has 0 fully saturated rings. The van der Waals surface area contributed by atoms with Crippen LogP contribution >= 0.6 is 0 Å². The van der Waals surface area contributed by atoms with E-state index in [1.165, 1.54) is 6.42 Å². The Bertz CT molecular complexity index is 102. The molecule has 0 aromatic heterocycles. The average Bonchev–Trinajstić information content (AvgIpc) is 1.98. The highest BCUT2D eigenvalue weighted by Gasteiger charge is 2.03. The van der Waals surface area contributed by atoms with E-state index in [4.69, 9.17) is 0 Å². The number of rotatable bonds is 6. The van der Waals surface area contributed by atoms with Crippen molar-refractivity contribution in [3.8, 4) is 0 Å². The molecule has 2 nitrogen and oxygen atoms in total. The number of aldehydes is 1. The lowest BCUT2D eigenvalue weighted by Crippen LogP contribution is -2.26. The predicted molar refractivity (Wildman–Crippen MR) is 47.6 cm³/mol. The summed E-state index contributed by atoms with van der Waals surface area (Å²) in [4.78, 5) is 10.3. The van der Waals surface area contributed by atoms with Gasteiger partial charge in [-0.05, 0) is 19.4 Å². The fraction of sp³-hybridized carbons (Fsp3) is 0.889. The van der Waals surface area contributed by atoms with Gasteiger partial charge in [-0.25, -0.2) is 0 Å². The molecule has 0 amide bonds. The lowest BCUT2D eigenvalue weighted by Gasteiger charge is -2.09. The van der Waals surface area contributed by atoms with E-state index in [-0.39, 0.29) is 6.04 Å². The van der Waals surface area contributed by atoms with Crippen LogP contribution in [0.3, 0.4) is 0 Å². The largest absolute Gasteiger partial charge is 0.311 e. The molecule has 0 saturated heterocycles. The molecule has 0 unspecified atom stereocenters. The molecule has 0 bridgehead atoms. The Morgan fingerprint density at radius 1 is 1.36 bits per heavy atom. The Morgan fingerprint density at radius 2 is 2.00 bits per heavy atom. The zero-order valence-electron chi connectivity index (χ0n) is 7.76. The highest BCUT2D eigenvalue weighted by atomic mass is 16.1. The first-order valence-corrected chi connectivity index (χ1v) is 4.33. The minimum absolute atomic E-state index is 0.0637. The molecule has 0 saturated carbocycles. The Hall–Kier alpha value is -0.370. The third-order valence-electron chi connectivity index (χ3n) is 1.83. The van der Waals surface area contributed by atoms with E-state index >= 15 is 0 Å². The Labute approximate surface area is 69.4 Å². The average molecular weight is 157 g/mol. The first-order chi connectivity index (χ1) is 5.20. The number of nitrogens with one attached hydrogen (secondary N) is 1. The van der Waals surface area contributed by atoms with Crippen molar-refractivity contribution >= 4 is 6.29 Å². The molecule has 0 rings (SSSR count). The number of carbonyl (C=O) groups excluding carboxylic acids is 1. The van der Waals surface area contributed by atoms with Gasteiger partial charge >= 0.3 is 0 Å². The second kappa shape index (κ2) is 6.35. The van der Waals surface area contributed by atoms with Crippen LogP contribution in [-0.2, 0) is 4.79 Å². The van der Waals surface area contributed by atoms with Crippen molar-refractivity contribution < 1.29 is 4.79 Å². The molecule has 0 aromatic rings. The molecule has 2 heteroatoms. The lowest BCUT2D eigenvalue weighted by atomic mass is 10.0. The van der Waals surface area contributed by atoms with Gasteiger partial charge in [0.1, 0.15) is 6.29 Å². The van der Waals surface area contributed by atoms with Gasteiger partial charge in [0, 0.05) is 0 Å². The van der Waals surface area contributed by atoms with Gasteiger partial charge in [0.05, 0.1) is 6.04 Å². The quantitative estimate of drug-likeness (QED) is 0.593. The monoisotopic (exact) mass is 157 g/mol. The van der Waals surface area contributed by atoms with E-state index in [0.717, 1.165) is 25.0 Å². The molecule has 11 heavy (non-hydrogen) atoms. The van der Waals surface area contributed by atoms with Crippen molar-refractivity contribution in [2.45, 2.75) is 39.2 Å². The SMILES string of the molecule is CN[C@H](C=O)CCCC(C)C. The molecule has 0 aliphatic rings. The van der Waals surface area contributed by atoms with Crippen LogP contribution in [-0.4, -0.2) is 19.4 Å². The van der Waals surface area contributed by atoms with E-state index in [2.05, 4.69) is 19.2 Å². The van der Waals surface area contributed by atoms with Crippen LogP contribution in [0, 0.1) is 5.92 Å². The Morgan fingerprint density at radius 3 is 2.36 bits per heavy atom. The Kier molecular flexibility index (Phi) is 6.13. The standard InChI is InChI=1S/C9H19NO/c1-8(2)5-4-6-9(7-11)10-3/h7-10H,4-6H2,1-3H3/t9-/m0/s1. The van der Waals surface area contributed by atoms with Gasteiger partial charge in [0.15, 0.2) is 0 Å². The van der Waals surface area contributed by atoms with Crippen LogP contribution < -0.4 is 5.32 Å². The molecule has 0 spiro atoms. The summed E-state index contributed by atoms with van der Waals surface area (Å²) in [5.74, 6) is 0.749. The van der Waals surface area contributed by atoms with E-state index in [0.29, 0.717) is 0 Å². The maximum atomic E-state index is 10.3. The zero-order chi connectivity index (χ0) is 8.69. The van der Waals surface area contributed by atoms with Crippen molar-refractivity contribution in [1.82, 2.24) is 5.32 Å². The minimum atomic E-state index is 0.0637. The molecule has 0 radical (unpaired) electrons. The van der Waals surface area contributed by atoms with Gasteiger partial charge in [-0.3, -0.25) is 0 Å². The molecule has 66 valence electrons. The van der Waals surface area contributed by atoms with Crippen LogP contribution in [0.2, 0.25) is 0 Å². The topological polar surface area (TPSA) is 29.1 Å². The van der Waals surface area contributed by atoms with Crippen LogP contribution in [0.25, 0.3) is 0 Å². The predicted octanol–water partition coefficient (Wildman–Crippen LogP) is 1.60. The maximum Gasteiger partial charge on any atom is 0.136 e. The van der Waals surface area contributed by atoms with Crippen molar-refractivity contribution in [2.24, 2.45) is 5.92 Å². The summed E-state index contributed by atoms with van der Waals surface area (Å²) >= 11 is 0. The fourth-order valence-electron chi connectivity index (χ4n) is 1.03. The summed E-state index contributed by atoms with van der Waals surface area (Å²) in [7, 11) is 1.83. The van der Waals surface area contributed by atoms with Crippen LogP contribution in [0.5, 0.6) is 0 Å². The molecule has 0 aliphatic heterocycles. The van der Waals surface area contributed by atoms with E-state index in [1.807, 2.05) is 7.05 Å².